The summed E-state index contributed by atoms with van der Waals surface area (Å²) < 4.78 is 13.0. The standard InChI is InChI=1S/C18H27FN4O.3ClH/c19-16-3-5-17(6-4-16)23-12-10-22(11-13-23)9-8-21-18(24)15-2-1-7-20-14-15;;;/h3-6,15,20H,1-2,7-14H2,(H,21,24);3*1H. The topological polar surface area (TPSA) is 47.6 Å². The summed E-state index contributed by atoms with van der Waals surface area (Å²) >= 11 is 0. The number of hydrogen-bond donors (Lipinski definition) is 2. The fraction of sp³-hybridized carbons (Fsp3) is 0.611. The number of carbonyl (C=O) groups is 1. The Kier molecular flexibility index (Phi) is 13.0. The first-order valence-electron chi connectivity index (χ1n) is 8.94. The molecule has 0 bridgehead atoms. The van der Waals surface area contributed by atoms with Gasteiger partial charge in [0.1, 0.15) is 5.82 Å². The molecule has 2 heterocycles. The molecule has 2 aliphatic heterocycles. The van der Waals surface area contributed by atoms with E-state index in [9.17, 15) is 9.18 Å². The quantitative estimate of drug-likeness (QED) is 0.733. The molecule has 3 rings (SSSR count). The minimum absolute atomic E-state index is 0. The lowest BCUT2D eigenvalue weighted by atomic mass is 9.99. The molecule has 1 unspecified atom stereocenters. The van der Waals surface area contributed by atoms with Gasteiger partial charge in [-0.05, 0) is 43.7 Å². The highest BCUT2D eigenvalue weighted by atomic mass is 35.5. The minimum Gasteiger partial charge on any atom is -0.369 e. The second-order valence-electron chi connectivity index (χ2n) is 6.64. The number of nitrogens with zero attached hydrogens (tertiary/aromatic N) is 2. The summed E-state index contributed by atoms with van der Waals surface area (Å²) in [4.78, 5) is 16.8. The lowest BCUT2D eigenvalue weighted by molar-refractivity contribution is -0.125. The first-order chi connectivity index (χ1) is 11.7. The first-order valence-corrected chi connectivity index (χ1v) is 8.94. The lowest BCUT2D eigenvalue weighted by Gasteiger charge is -2.36. The number of carbonyl (C=O) groups excluding carboxylic acids is 1. The van der Waals surface area contributed by atoms with E-state index in [1.165, 1.54) is 12.1 Å². The van der Waals surface area contributed by atoms with Crippen molar-refractivity contribution in [2.75, 3.05) is 57.3 Å². The van der Waals surface area contributed by atoms with Crippen molar-refractivity contribution in [1.29, 1.82) is 0 Å². The number of hydrogen-bond acceptors (Lipinski definition) is 4. The van der Waals surface area contributed by atoms with Crippen molar-refractivity contribution in [3.63, 3.8) is 0 Å². The predicted molar refractivity (Wildman–Crippen MR) is 115 cm³/mol. The number of halogens is 4. The average molecular weight is 444 g/mol. The van der Waals surface area contributed by atoms with Crippen molar-refractivity contribution in [2.24, 2.45) is 5.92 Å². The maximum atomic E-state index is 13.0. The number of benzene rings is 1. The molecule has 1 aromatic rings. The van der Waals surface area contributed by atoms with Gasteiger partial charge in [0, 0.05) is 51.5 Å². The molecule has 5 nitrogen and oxygen atoms in total. The van der Waals surface area contributed by atoms with Gasteiger partial charge in [-0.2, -0.15) is 0 Å². The molecule has 0 spiro atoms. The van der Waals surface area contributed by atoms with E-state index in [1.54, 1.807) is 0 Å². The SMILES string of the molecule is Cl.Cl.Cl.O=C(NCCN1CCN(c2ccc(F)cc2)CC1)C1CCCNC1. The fourth-order valence-electron chi connectivity index (χ4n) is 3.44. The molecular weight excluding hydrogens is 414 g/mol. The second-order valence-corrected chi connectivity index (χ2v) is 6.64. The third kappa shape index (κ3) is 8.00. The lowest BCUT2D eigenvalue weighted by Crippen LogP contribution is -2.49. The maximum absolute atomic E-state index is 13.0. The highest BCUT2D eigenvalue weighted by molar-refractivity contribution is 5.86. The molecule has 0 radical (unpaired) electrons. The Bertz CT molecular complexity index is 536. The van der Waals surface area contributed by atoms with Gasteiger partial charge >= 0.3 is 0 Å². The summed E-state index contributed by atoms with van der Waals surface area (Å²) in [6.45, 7) is 7.26. The van der Waals surface area contributed by atoms with E-state index in [0.717, 1.165) is 64.3 Å². The van der Waals surface area contributed by atoms with E-state index < -0.39 is 0 Å². The zero-order valence-corrected chi connectivity index (χ0v) is 17.8. The molecule has 0 aliphatic carbocycles. The van der Waals surface area contributed by atoms with Gasteiger partial charge in [0.25, 0.3) is 0 Å². The van der Waals surface area contributed by atoms with Crippen LogP contribution < -0.4 is 15.5 Å². The van der Waals surface area contributed by atoms with Crippen LogP contribution in [0.4, 0.5) is 10.1 Å². The van der Waals surface area contributed by atoms with E-state index in [2.05, 4.69) is 20.4 Å². The first kappa shape index (κ1) is 26.2. The Morgan fingerprint density at radius 2 is 1.78 bits per heavy atom. The smallest absolute Gasteiger partial charge is 0.224 e. The third-order valence-electron chi connectivity index (χ3n) is 4.96. The molecule has 1 atom stereocenters. The Morgan fingerprint density at radius 3 is 2.37 bits per heavy atom. The largest absolute Gasteiger partial charge is 0.369 e. The van der Waals surface area contributed by atoms with Gasteiger partial charge in [-0.15, -0.1) is 37.2 Å². The summed E-state index contributed by atoms with van der Waals surface area (Å²) in [6.07, 6.45) is 2.08. The van der Waals surface area contributed by atoms with Crippen LogP contribution in [0, 0.1) is 11.7 Å². The molecule has 0 aromatic heterocycles. The van der Waals surface area contributed by atoms with Gasteiger partial charge in [0.15, 0.2) is 0 Å². The number of piperidine rings is 1. The molecule has 2 saturated heterocycles. The fourth-order valence-corrected chi connectivity index (χ4v) is 3.44. The maximum Gasteiger partial charge on any atom is 0.224 e. The van der Waals surface area contributed by atoms with Gasteiger partial charge < -0.3 is 15.5 Å². The summed E-state index contributed by atoms with van der Waals surface area (Å²) in [6, 6.07) is 6.70. The molecule has 1 aromatic carbocycles. The summed E-state index contributed by atoms with van der Waals surface area (Å²) in [5.74, 6) is 0.127. The second kappa shape index (κ2) is 13.4. The Labute approximate surface area is 179 Å². The van der Waals surface area contributed by atoms with Crippen molar-refractivity contribution in [3.8, 4) is 0 Å². The Balaban J connectivity index is 0.00000225. The van der Waals surface area contributed by atoms with Crippen LogP contribution in [0.1, 0.15) is 12.8 Å². The molecule has 2 fully saturated rings. The van der Waals surface area contributed by atoms with Crippen LogP contribution in [0.5, 0.6) is 0 Å². The molecule has 156 valence electrons. The van der Waals surface area contributed by atoms with Crippen molar-refractivity contribution in [1.82, 2.24) is 15.5 Å². The van der Waals surface area contributed by atoms with Crippen molar-refractivity contribution in [3.05, 3.63) is 30.1 Å². The zero-order valence-electron chi connectivity index (χ0n) is 15.4. The molecule has 2 aliphatic rings. The van der Waals surface area contributed by atoms with Crippen LogP contribution in [-0.2, 0) is 4.79 Å². The third-order valence-corrected chi connectivity index (χ3v) is 4.96. The summed E-state index contributed by atoms with van der Waals surface area (Å²) in [5, 5.41) is 6.35. The van der Waals surface area contributed by atoms with Crippen molar-refractivity contribution >= 4 is 48.8 Å². The van der Waals surface area contributed by atoms with Gasteiger partial charge in [-0.1, -0.05) is 0 Å². The average Bonchev–Trinajstić information content (AvgIpc) is 2.64. The van der Waals surface area contributed by atoms with E-state index in [0.29, 0.717) is 6.54 Å². The number of nitrogens with one attached hydrogen (secondary N) is 2. The van der Waals surface area contributed by atoms with E-state index in [-0.39, 0.29) is 54.9 Å². The van der Waals surface area contributed by atoms with Gasteiger partial charge in [-0.25, -0.2) is 4.39 Å². The number of amides is 1. The van der Waals surface area contributed by atoms with Crippen LogP contribution in [0.25, 0.3) is 0 Å². The van der Waals surface area contributed by atoms with Crippen molar-refractivity contribution in [2.45, 2.75) is 12.8 Å². The molecule has 9 heteroatoms. The highest BCUT2D eigenvalue weighted by Gasteiger charge is 2.21. The van der Waals surface area contributed by atoms with E-state index in [4.69, 9.17) is 0 Å². The summed E-state index contributed by atoms with van der Waals surface area (Å²) in [7, 11) is 0. The van der Waals surface area contributed by atoms with E-state index >= 15 is 0 Å². The minimum atomic E-state index is -0.193. The van der Waals surface area contributed by atoms with Crippen LogP contribution >= 0.6 is 37.2 Å². The number of piperazine rings is 1. The highest BCUT2D eigenvalue weighted by Crippen LogP contribution is 2.16. The normalized spacial score (nSPS) is 19.9. The van der Waals surface area contributed by atoms with Crippen LogP contribution in [0.3, 0.4) is 0 Å². The van der Waals surface area contributed by atoms with Gasteiger partial charge in [-0.3, -0.25) is 9.69 Å². The monoisotopic (exact) mass is 442 g/mol. The molecule has 2 N–H and O–H groups in total. The molecule has 0 saturated carbocycles. The van der Waals surface area contributed by atoms with Crippen LogP contribution in [0.15, 0.2) is 24.3 Å². The zero-order chi connectivity index (χ0) is 16.8. The summed E-state index contributed by atoms with van der Waals surface area (Å²) in [5.41, 5.74) is 1.08. The molecule has 1 amide bonds. The van der Waals surface area contributed by atoms with Crippen molar-refractivity contribution < 1.29 is 9.18 Å². The Morgan fingerprint density at radius 1 is 1.11 bits per heavy atom. The predicted octanol–water partition coefficient (Wildman–Crippen LogP) is 2.33. The molecular formula is C18H30Cl3FN4O. The van der Waals surface area contributed by atoms with Crippen LogP contribution in [0.2, 0.25) is 0 Å². The van der Waals surface area contributed by atoms with Gasteiger partial charge in [0.2, 0.25) is 5.91 Å². The van der Waals surface area contributed by atoms with Crippen LogP contribution in [-0.4, -0.2) is 63.2 Å². The Hall–Kier alpha value is -0.790. The van der Waals surface area contributed by atoms with E-state index in [1.807, 2.05) is 12.1 Å². The number of anilines is 1. The number of rotatable bonds is 5. The molecule has 27 heavy (non-hydrogen) atoms. The van der Waals surface area contributed by atoms with Gasteiger partial charge in [0.05, 0.1) is 5.92 Å².